The van der Waals surface area contributed by atoms with Crippen LogP contribution in [0.4, 0.5) is 0 Å². The molecule has 0 unspecified atom stereocenters. The zero-order chi connectivity index (χ0) is 9.22. The Bertz CT molecular complexity index is 242. The molecular weight excluding hydrogens is 168 g/mol. The number of fused-ring (bicyclic) bond motifs is 1. The lowest BCUT2D eigenvalue weighted by molar-refractivity contribution is -0.337. The molecule has 4 bridgehead atoms. The van der Waals surface area contributed by atoms with Gasteiger partial charge >= 0.3 is 0 Å². The third-order valence-corrected chi connectivity index (χ3v) is 4.32. The van der Waals surface area contributed by atoms with E-state index in [9.17, 15) is 5.11 Å². The Morgan fingerprint density at radius 3 is 2.92 bits per heavy atom. The zero-order valence-corrected chi connectivity index (χ0v) is 8.06. The molecule has 3 nitrogen and oxygen atoms in total. The summed E-state index contributed by atoms with van der Waals surface area (Å²) in [5.74, 6) is 1.46. The lowest BCUT2D eigenvalue weighted by atomic mass is 9.76. The largest absolute Gasteiger partial charge is 0.390 e. The van der Waals surface area contributed by atoms with Crippen LogP contribution in [0.15, 0.2) is 0 Å². The molecular formula is C10H16O3. The summed E-state index contributed by atoms with van der Waals surface area (Å²) in [5.41, 5.74) is -0.319. The monoisotopic (exact) mass is 184 g/mol. The molecule has 4 fully saturated rings. The van der Waals surface area contributed by atoms with E-state index in [1.165, 1.54) is 0 Å². The molecule has 4 rings (SSSR count). The van der Waals surface area contributed by atoms with E-state index in [1.54, 1.807) is 0 Å². The van der Waals surface area contributed by atoms with E-state index < -0.39 is 0 Å². The maximum absolute atomic E-state index is 9.92. The van der Waals surface area contributed by atoms with Crippen LogP contribution < -0.4 is 0 Å². The van der Waals surface area contributed by atoms with Crippen molar-refractivity contribution < 1.29 is 14.6 Å². The van der Waals surface area contributed by atoms with Crippen LogP contribution in [-0.2, 0) is 9.47 Å². The highest BCUT2D eigenvalue weighted by Crippen LogP contribution is 2.55. The number of rotatable bonds is 0. The zero-order valence-electron chi connectivity index (χ0n) is 8.06. The molecule has 3 aliphatic heterocycles. The van der Waals surface area contributed by atoms with Gasteiger partial charge in [-0.2, -0.15) is 0 Å². The van der Waals surface area contributed by atoms with Gasteiger partial charge in [-0.05, 0) is 19.3 Å². The van der Waals surface area contributed by atoms with Crippen LogP contribution in [0.3, 0.4) is 0 Å². The van der Waals surface area contributed by atoms with E-state index in [0.717, 1.165) is 13.0 Å². The summed E-state index contributed by atoms with van der Waals surface area (Å²) in [6.07, 6.45) is 0.526. The van der Waals surface area contributed by atoms with E-state index in [0.29, 0.717) is 17.8 Å². The minimum Gasteiger partial charge on any atom is -0.390 e. The number of hydrogen-bond donors (Lipinski definition) is 1. The first-order valence-electron chi connectivity index (χ1n) is 5.10. The molecule has 74 valence electrons. The van der Waals surface area contributed by atoms with Crippen molar-refractivity contribution in [3.8, 4) is 0 Å². The Morgan fingerprint density at radius 2 is 2.23 bits per heavy atom. The SMILES string of the molecule is C[C@H]1[C@H]2OC[C@@H]3[C@@H]1C[C@H](O)[C@@]3(C)O2. The van der Waals surface area contributed by atoms with Gasteiger partial charge in [0.05, 0.1) is 18.3 Å². The first-order chi connectivity index (χ1) is 6.13. The summed E-state index contributed by atoms with van der Waals surface area (Å²) in [7, 11) is 0. The second-order valence-electron chi connectivity index (χ2n) is 4.88. The Labute approximate surface area is 78.0 Å². The van der Waals surface area contributed by atoms with Gasteiger partial charge in [-0.3, -0.25) is 0 Å². The Hall–Kier alpha value is -0.120. The van der Waals surface area contributed by atoms with E-state index in [4.69, 9.17) is 9.47 Å². The minimum absolute atomic E-state index is 0.0721. The molecule has 0 aromatic heterocycles. The predicted molar refractivity (Wildman–Crippen MR) is 46.0 cm³/mol. The number of hydrogen-bond acceptors (Lipinski definition) is 3. The fourth-order valence-electron chi connectivity index (χ4n) is 3.31. The standard InChI is InChI=1S/C10H16O3/c1-5-6-3-8(11)10(2)7(6)4-12-9(5)13-10/h5-9,11H,3-4H2,1-2H3/t5-,6-,7-,8+,9+,10+/m1/s1. The Kier molecular flexibility index (Phi) is 1.43. The highest BCUT2D eigenvalue weighted by atomic mass is 16.7. The normalized spacial score (nSPS) is 64.4. The van der Waals surface area contributed by atoms with Gasteiger partial charge in [-0.1, -0.05) is 6.92 Å². The van der Waals surface area contributed by atoms with E-state index in [2.05, 4.69) is 6.92 Å². The van der Waals surface area contributed by atoms with Crippen molar-refractivity contribution in [1.29, 1.82) is 0 Å². The Morgan fingerprint density at radius 1 is 1.46 bits per heavy atom. The summed E-state index contributed by atoms with van der Waals surface area (Å²) < 4.78 is 11.4. The molecule has 0 radical (unpaired) electrons. The minimum atomic E-state index is -0.319. The van der Waals surface area contributed by atoms with E-state index in [1.807, 2.05) is 6.92 Å². The van der Waals surface area contributed by atoms with Crippen molar-refractivity contribution in [2.45, 2.75) is 38.3 Å². The first-order valence-corrected chi connectivity index (χ1v) is 5.10. The maximum Gasteiger partial charge on any atom is 0.161 e. The van der Waals surface area contributed by atoms with Crippen molar-refractivity contribution in [3.63, 3.8) is 0 Å². The van der Waals surface area contributed by atoms with Crippen molar-refractivity contribution in [2.24, 2.45) is 17.8 Å². The van der Waals surface area contributed by atoms with E-state index in [-0.39, 0.29) is 18.0 Å². The smallest absolute Gasteiger partial charge is 0.161 e. The maximum atomic E-state index is 9.92. The third kappa shape index (κ3) is 0.808. The van der Waals surface area contributed by atoms with Gasteiger partial charge in [0.1, 0.15) is 0 Å². The molecule has 3 heterocycles. The van der Waals surface area contributed by atoms with Crippen molar-refractivity contribution in [1.82, 2.24) is 0 Å². The lowest BCUT2D eigenvalue weighted by Crippen LogP contribution is -2.59. The van der Waals surface area contributed by atoms with Crippen molar-refractivity contribution in [3.05, 3.63) is 0 Å². The van der Waals surface area contributed by atoms with Crippen LogP contribution in [0, 0.1) is 17.8 Å². The van der Waals surface area contributed by atoms with Gasteiger partial charge in [-0.25, -0.2) is 0 Å². The summed E-state index contributed by atoms with van der Waals surface area (Å²) in [5, 5.41) is 9.92. The summed E-state index contributed by atoms with van der Waals surface area (Å²) in [6, 6.07) is 0. The topological polar surface area (TPSA) is 38.7 Å². The molecule has 13 heavy (non-hydrogen) atoms. The summed E-state index contributed by atoms with van der Waals surface area (Å²) in [6.45, 7) is 4.97. The average molecular weight is 184 g/mol. The summed E-state index contributed by atoms with van der Waals surface area (Å²) >= 11 is 0. The van der Waals surface area contributed by atoms with Crippen LogP contribution in [0.2, 0.25) is 0 Å². The molecule has 1 aliphatic carbocycles. The fourth-order valence-corrected chi connectivity index (χ4v) is 3.31. The van der Waals surface area contributed by atoms with Crippen LogP contribution in [0.5, 0.6) is 0 Å². The molecule has 0 amide bonds. The lowest BCUT2D eigenvalue weighted by Gasteiger charge is -2.51. The van der Waals surface area contributed by atoms with Gasteiger partial charge in [0, 0.05) is 11.8 Å². The fraction of sp³-hybridized carbons (Fsp3) is 1.00. The van der Waals surface area contributed by atoms with Gasteiger partial charge in [-0.15, -0.1) is 0 Å². The molecule has 6 atom stereocenters. The predicted octanol–water partition coefficient (Wildman–Crippen LogP) is 0.765. The van der Waals surface area contributed by atoms with Crippen LogP contribution in [0.1, 0.15) is 20.3 Å². The second kappa shape index (κ2) is 2.27. The third-order valence-electron chi connectivity index (χ3n) is 4.32. The number of aliphatic hydroxyl groups excluding tert-OH is 1. The van der Waals surface area contributed by atoms with Crippen molar-refractivity contribution in [2.75, 3.05) is 6.61 Å². The molecule has 4 aliphatic rings. The van der Waals surface area contributed by atoms with Crippen LogP contribution in [0.25, 0.3) is 0 Å². The molecule has 3 saturated heterocycles. The van der Waals surface area contributed by atoms with Gasteiger partial charge in [0.25, 0.3) is 0 Å². The van der Waals surface area contributed by atoms with Gasteiger partial charge in [0.15, 0.2) is 6.29 Å². The first kappa shape index (κ1) is 8.21. The molecule has 3 heteroatoms. The average Bonchev–Trinajstić information content (AvgIpc) is 2.32. The van der Waals surface area contributed by atoms with Crippen LogP contribution >= 0.6 is 0 Å². The van der Waals surface area contributed by atoms with Crippen LogP contribution in [-0.4, -0.2) is 29.7 Å². The van der Waals surface area contributed by atoms with Gasteiger partial charge < -0.3 is 14.6 Å². The van der Waals surface area contributed by atoms with Gasteiger partial charge in [0.2, 0.25) is 0 Å². The quantitative estimate of drug-likeness (QED) is 0.604. The number of aliphatic hydroxyl groups is 1. The molecule has 1 saturated carbocycles. The van der Waals surface area contributed by atoms with Crippen molar-refractivity contribution >= 4 is 0 Å². The molecule has 0 aromatic rings. The highest BCUT2D eigenvalue weighted by Gasteiger charge is 2.63. The second-order valence-corrected chi connectivity index (χ2v) is 4.88. The Balaban J connectivity index is 2.02. The van der Waals surface area contributed by atoms with E-state index >= 15 is 0 Å². The number of ether oxygens (including phenoxy) is 2. The molecule has 0 spiro atoms. The molecule has 0 aromatic carbocycles. The molecule has 1 N–H and O–H groups in total. The summed E-state index contributed by atoms with van der Waals surface area (Å²) in [4.78, 5) is 0. The highest BCUT2D eigenvalue weighted by molar-refractivity contribution is 5.08.